The molecule has 1 aliphatic rings. The Bertz CT molecular complexity index is 774. The lowest BCUT2D eigenvalue weighted by Crippen LogP contribution is -2.49. The van der Waals surface area contributed by atoms with Crippen molar-refractivity contribution >= 4 is 19.9 Å². The van der Waals surface area contributed by atoms with Crippen LogP contribution in [0.15, 0.2) is 12.1 Å². The van der Waals surface area contributed by atoms with Gasteiger partial charge in [0.1, 0.15) is 13.7 Å². The van der Waals surface area contributed by atoms with Gasteiger partial charge in [-0.25, -0.2) is 4.79 Å². The minimum Gasteiger partial charge on any atom is -0.444 e. The van der Waals surface area contributed by atoms with E-state index in [-0.39, 0.29) is 6.09 Å². The van der Waals surface area contributed by atoms with Crippen molar-refractivity contribution in [3.8, 4) is 11.5 Å². The fourth-order valence-corrected chi connectivity index (χ4v) is 3.51. The van der Waals surface area contributed by atoms with Crippen LogP contribution < -0.4 is 5.73 Å². The zero-order valence-corrected chi connectivity index (χ0v) is 19.5. The monoisotopic (exact) mass is 401 g/mol. The van der Waals surface area contributed by atoms with E-state index < -0.39 is 13.7 Å². The number of nitrogens with zero attached hydrogens (tertiary/aromatic N) is 2. The third kappa shape index (κ3) is 6.88. The number of benzene rings is 1. The second-order valence-electron chi connectivity index (χ2n) is 9.60. The standard InChI is InChI=1S/C22H35N3O2Si/c1-17-18(8-13-28(5,6)7)14-20(23)15-19(17)16-24-9-11-25(12-10-24)21(26)27-22(2,3)4/h14-15H,9-12,16,23H2,1-7H3. The molecule has 1 saturated heterocycles. The molecule has 1 aliphatic heterocycles. The second kappa shape index (κ2) is 8.58. The minimum absolute atomic E-state index is 0.226. The molecule has 1 fully saturated rings. The van der Waals surface area contributed by atoms with Gasteiger partial charge < -0.3 is 15.4 Å². The number of carbonyl (C=O) groups is 1. The number of hydrogen-bond acceptors (Lipinski definition) is 4. The fraction of sp³-hybridized carbons (Fsp3) is 0.591. The van der Waals surface area contributed by atoms with Crippen molar-refractivity contribution in [1.29, 1.82) is 0 Å². The minimum atomic E-state index is -1.44. The summed E-state index contributed by atoms with van der Waals surface area (Å²) in [6.45, 7) is 18.4. The Morgan fingerprint density at radius 1 is 1.18 bits per heavy atom. The van der Waals surface area contributed by atoms with Crippen molar-refractivity contribution < 1.29 is 9.53 Å². The van der Waals surface area contributed by atoms with E-state index >= 15 is 0 Å². The van der Waals surface area contributed by atoms with Gasteiger partial charge in [-0.2, -0.15) is 0 Å². The number of piperazine rings is 1. The van der Waals surface area contributed by atoms with Crippen LogP contribution in [-0.2, 0) is 11.3 Å². The van der Waals surface area contributed by atoms with Crippen molar-refractivity contribution in [2.24, 2.45) is 0 Å². The van der Waals surface area contributed by atoms with Crippen molar-refractivity contribution in [2.45, 2.75) is 59.5 Å². The van der Waals surface area contributed by atoms with Gasteiger partial charge in [-0.3, -0.25) is 4.90 Å². The third-order valence-corrected chi connectivity index (χ3v) is 5.40. The molecule has 1 amide bonds. The highest BCUT2D eigenvalue weighted by molar-refractivity contribution is 6.83. The molecule has 28 heavy (non-hydrogen) atoms. The Morgan fingerprint density at radius 3 is 2.32 bits per heavy atom. The van der Waals surface area contributed by atoms with Gasteiger partial charge in [-0.1, -0.05) is 25.6 Å². The van der Waals surface area contributed by atoms with Gasteiger partial charge in [-0.15, -0.1) is 5.54 Å². The molecule has 0 atom stereocenters. The van der Waals surface area contributed by atoms with Gasteiger partial charge >= 0.3 is 6.09 Å². The summed E-state index contributed by atoms with van der Waals surface area (Å²) in [7, 11) is -1.44. The van der Waals surface area contributed by atoms with E-state index in [2.05, 4.69) is 49.0 Å². The zero-order valence-electron chi connectivity index (χ0n) is 18.5. The van der Waals surface area contributed by atoms with Crippen LogP contribution in [-0.4, -0.2) is 55.7 Å². The predicted molar refractivity (Wildman–Crippen MR) is 119 cm³/mol. The first-order chi connectivity index (χ1) is 12.8. The number of nitrogen functional groups attached to an aromatic ring is 1. The van der Waals surface area contributed by atoms with Crippen LogP contribution in [0.4, 0.5) is 10.5 Å². The van der Waals surface area contributed by atoms with Gasteiger partial charge in [0.25, 0.3) is 0 Å². The van der Waals surface area contributed by atoms with Crippen LogP contribution in [0.1, 0.15) is 37.5 Å². The Morgan fingerprint density at radius 2 is 1.79 bits per heavy atom. The molecule has 6 heteroatoms. The lowest BCUT2D eigenvalue weighted by atomic mass is 10.0. The smallest absolute Gasteiger partial charge is 0.410 e. The molecule has 0 saturated carbocycles. The molecule has 0 aromatic heterocycles. The molecule has 0 radical (unpaired) electrons. The molecule has 0 unspecified atom stereocenters. The molecule has 0 spiro atoms. The van der Waals surface area contributed by atoms with E-state index in [0.717, 1.165) is 30.9 Å². The Kier molecular flexibility index (Phi) is 6.84. The molecule has 0 bridgehead atoms. The Balaban J connectivity index is 2.04. The quantitative estimate of drug-likeness (QED) is 0.464. The Hall–Kier alpha value is -1.97. The summed E-state index contributed by atoms with van der Waals surface area (Å²) in [5, 5.41) is 0. The molecule has 2 N–H and O–H groups in total. The van der Waals surface area contributed by atoms with Gasteiger partial charge in [0.05, 0.1) is 0 Å². The summed E-state index contributed by atoms with van der Waals surface area (Å²) in [4.78, 5) is 16.4. The molecule has 1 heterocycles. The molecular weight excluding hydrogens is 366 g/mol. The van der Waals surface area contributed by atoms with Gasteiger partial charge in [0.2, 0.25) is 0 Å². The van der Waals surface area contributed by atoms with Gasteiger partial charge in [0.15, 0.2) is 0 Å². The van der Waals surface area contributed by atoms with Crippen LogP contribution in [0.25, 0.3) is 0 Å². The number of nitrogens with two attached hydrogens (primary N) is 1. The highest BCUT2D eigenvalue weighted by Crippen LogP contribution is 2.21. The molecule has 5 nitrogen and oxygen atoms in total. The number of anilines is 1. The first kappa shape index (κ1) is 22.3. The maximum atomic E-state index is 12.2. The summed E-state index contributed by atoms with van der Waals surface area (Å²) in [5.41, 5.74) is 13.3. The zero-order chi connectivity index (χ0) is 21.1. The number of ether oxygens (including phenoxy) is 1. The first-order valence-electron chi connectivity index (χ1n) is 9.96. The summed E-state index contributed by atoms with van der Waals surface area (Å²) in [6, 6.07) is 4.03. The van der Waals surface area contributed by atoms with E-state index in [1.807, 2.05) is 26.8 Å². The topological polar surface area (TPSA) is 58.8 Å². The Labute approximate surface area is 171 Å². The van der Waals surface area contributed by atoms with E-state index in [4.69, 9.17) is 10.5 Å². The van der Waals surface area contributed by atoms with Crippen LogP contribution in [0.5, 0.6) is 0 Å². The third-order valence-electron chi connectivity index (χ3n) is 4.53. The SMILES string of the molecule is Cc1c(C#C[Si](C)(C)C)cc(N)cc1CN1CCN(C(=O)OC(C)(C)C)CC1. The van der Waals surface area contributed by atoms with Crippen LogP contribution in [0.3, 0.4) is 0 Å². The number of rotatable bonds is 2. The van der Waals surface area contributed by atoms with Crippen molar-refractivity contribution in [1.82, 2.24) is 9.80 Å². The van der Waals surface area contributed by atoms with Crippen LogP contribution in [0.2, 0.25) is 19.6 Å². The maximum absolute atomic E-state index is 12.2. The van der Waals surface area contributed by atoms with E-state index in [1.54, 1.807) is 4.90 Å². The van der Waals surface area contributed by atoms with Crippen LogP contribution >= 0.6 is 0 Å². The normalized spacial score (nSPS) is 15.8. The highest BCUT2D eigenvalue weighted by atomic mass is 28.3. The largest absolute Gasteiger partial charge is 0.444 e. The molecule has 2 rings (SSSR count). The van der Waals surface area contributed by atoms with Gasteiger partial charge in [-0.05, 0) is 51.0 Å². The molecule has 1 aromatic carbocycles. The maximum Gasteiger partial charge on any atom is 0.410 e. The number of carbonyl (C=O) groups excluding carboxylic acids is 1. The molecule has 0 aliphatic carbocycles. The van der Waals surface area contributed by atoms with E-state index in [9.17, 15) is 4.79 Å². The summed E-state index contributed by atoms with van der Waals surface area (Å²) < 4.78 is 5.48. The summed E-state index contributed by atoms with van der Waals surface area (Å²) in [6.07, 6.45) is -0.226. The van der Waals surface area contributed by atoms with Gasteiger partial charge in [0, 0.05) is 44.0 Å². The second-order valence-corrected chi connectivity index (χ2v) is 14.3. The lowest BCUT2D eigenvalue weighted by Gasteiger charge is -2.35. The van der Waals surface area contributed by atoms with E-state index in [1.165, 1.54) is 11.1 Å². The number of amides is 1. The average Bonchev–Trinajstić information content (AvgIpc) is 2.55. The summed E-state index contributed by atoms with van der Waals surface area (Å²) in [5.74, 6) is 3.36. The lowest BCUT2D eigenvalue weighted by molar-refractivity contribution is 0.0139. The first-order valence-corrected chi connectivity index (χ1v) is 13.5. The number of hydrogen-bond donors (Lipinski definition) is 1. The highest BCUT2D eigenvalue weighted by Gasteiger charge is 2.26. The summed E-state index contributed by atoms with van der Waals surface area (Å²) >= 11 is 0. The van der Waals surface area contributed by atoms with Crippen molar-refractivity contribution in [3.63, 3.8) is 0 Å². The predicted octanol–water partition coefficient (Wildman–Crippen LogP) is 3.86. The van der Waals surface area contributed by atoms with Crippen molar-refractivity contribution in [3.05, 3.63) is 28.8 Å². The van der Waals surface area contributed by atoms with Crippen LogP contribution in [0, 0.1) is 18.4 Å². The van der Waals surface area contributed by atoms with Crippen molar-refractivity contribution in [2.75, 3.05) is 31.9 Å². The van der Waals surface area contributed by atoms with E-state index in [0.29, 0.717) is 13.1 Å². The molecule has 154 valence electrons. The average molecular weight is 402 g/mol. The fourth-order valence-electron chi connectivity index (χ4n) is 3.00. The molecular formula is C22H35N3O2Si. The molecule has 1 aromatic rings.